The van der Waals surface area contributed by atoms with Crippen LogP contribution in [0.4, 0.5) is 0 Å². The Morgan fingerprint density at radius 2 is 2.07 bits per heavy atom. The number of aliphatic hydroxyl groups excluding tert-OH is 1. The number of carbonyl (C=O) groups is 2. The number of hydrogen-bond donors (Lipinski definition) is 2. The molecule has 5 nitrogen and oxygen atoms in total. The minimum Gasteiger partial charge on any atom is -0.467 e. The molecule has 14 heavy (non-hydrogen) atoms. The van der Waals surface area contributed by atoms with Crippen LogP contribution in [-0.4, -0.2) is 36.7 Å². The molecule has 1 unspecified atom stereocenters. The van der Waals surface area contributed by atoms with Crippen LogP contribution >= 0.6 is 0 Å². The standard InChI is InChI=1S/C9H17NO4/c1-4-6(2)8(12)10-7(5-11)9(13)14-3/h6-7,11H,4-5H2,1-3H3,(H,10,12)/t6-,7?/m0/s1. The fourth-order valence-electron chi connectivity index (χ4n) is 0.821. The number of esters is 1. The minimum absolute atomic E-state index is 0.172. The smallest absolute Gasteiger partial charge is 0.330 e. The molecule has 0 aromatic rings. The van der Waals surface area contributed by atoms with Crippen LogP contribution in [-0.2, 0) is 14.3 Å². The van der Waals surface area contributed by atoms with Crippen LogP contribution in [0.2, 0.25) is 0 Å². The van der Waals surface area contributed by atoms with Gasteiger partial charge in [0.05, 0.1) is 13.7 Å². The summed E-state index contributed by atoms with van der Waals surface area (Å²) >= 11 is 0. The first-order valence-electron chi connectivity index (χ1n) is 4.55. The fraction of sp³-hybridized carbons (Fsp3) is 0.778. The summed E-state index contributed by atoms with van der Waals surface area (Å²) in [6.45, 7) is 3.17. The predicted octanol–water partition coefficient (Wildman–Crippen LogP) is -0.317. The maximum absolute atomic E-state index is 11.3. The summed E-state index contributed by atoms with van der Waals surface area (Å²) in [6, 6.07) is -0.957. The van der Waals surface area contributed by atoms with Crippen molar-refractivity contribution in [1.82, 2.24) is 5.32 Å². The minimum atomic E-state index is -0.957. The van der Waals surface area contributed by atoms with Crippen LogP contribution in [0, 0.1) is 5.92 Å². The third-order valence-electron chi connectivity index (χ3n) is 2.04. The van der Waals surface area contributed by atoms with Crippen LogP contribution in [0.3, 0.4) is 0 Å². The Kier molecular flexibility index (Phi) is 5.87. The highest BCUT2D eigenvalue weighted by Crippen LogP contribution is 2.00. The number of nitrogens with one attached hydrogen (secondary N) is 1. The molecule has 0 heterocycles. The lowest BCUT2D eigenvalue weighted by atomic mass is 10.1. The van der Waals surface area contributed by atoms with Crippen molar-refractivity contribution in [3.63, 3.8) is 0 Å². The Labute approximate surface area is 83.4 Å². The van der Waals surface area contributed by atoms with E-state index in [1.165, 1.54) is 7.11 Å². The SMILES string of the molecule is CC[C@H](C)C(=O)NC(CO)C(=O)OC. The second kappa shape index (κ2) is 6.37. The molecule has 1 amide bonds. The van der Waals surface area contributed by atoms with Crippen molar-refractivity contribution in [1.29, 1.82) is 0 Å². The second-order valence-corrected chi connectivity index (χ2v) is 3.08. The molecule has 0 aliphatic rings. The van der Waals surface area contributed by atoms with Crippen molar-refractivity contribution in [2.45, 2.75) is 26.3 Å². The summed E-state index contributed by atoms with van der Waals surface area (Å²) in [6.07, 6.45) is 0.686. The van der Waals surface area contributed by atoms with Gasteiger partial charge in [0.2, 0.25) is 5.91 Å². The van der Waals surface area contributed by atoms with E-state index in [1.807, 2.05) is 6.92 Å². The summed E-state index contributed by atoms with van der Waals surface area (Å²) in [5, 5.41) is 11.2. The van der Waals surface area contributed by atoms with Gasteiger partial charge in [-0.05, 0) is 6.42 Å². The molecular formula is C9H17NO4. The number of amides is 1. The van der Waals surface area contributed by atoms with Crippen molar-refractivity contribution < 1.29 is 19.4 Å². The number of rotatable bonds is 5. The third-order valence-corrected chi connectivity index (χ3v) is 2.04. The summed E-state index contributed by atoms with van der Waals surface area (Å²) < 4.78 is 4.40. The Balaban J connectivity index is 4.18. The summed E-state index contributed by atoms with van der Waals surface area (Å²) in [7, 11) is 1.21. The molecule has 0 rings (SSSR count). The third kappa shape index (κ3) is 3.74. The molecular weight excluding hydrogens is 186 g/mol. The van der Waals surface area contributed by atoms with E-state index >= 15 is 0 Å². The monoisotopic (exact) mass is 203 g/mol. The zero-order chi connectivity index (χ0) is 11.1. The van der Waals surface area contributed by atoms with Crippen molar-refractivity contribution in [3.05, 3.63) is 0 Å². The highest BCUT2D eigenvalue weighted by atomic mass is 16.5. The van der Waals surface area contributed by atoms with Crippen molar-refractivity contribution in [3.8, 4) is 0 Å². The zero-order valence-electron chi connectivity index (χ0n) is 8.74. The first kappa shape index (κ1) is 12.9. The van der Waals surface area contributed by atoms with E-state index < -0.39 is 18.6 Å². The van der Waals surface area contributed by atoms with Crippen molar-refractivity contribution in [2.24, 2.45) is 5.92 Å². The van der Waals surface area contributed by atoms with E-state index in [0.717, 1.165) is 0 Å². The number of ether oxygens (including phenoxy) is 1. The van der Waals surface area contributed by atoms with Crippen LogP contribution in [0.5, 0.6) is 0 Å². The molecule has 0 radical (unpaired) electrons. The first-order chi connectivity index (χ1) is 6.56. The van der Waals surface area contributed by atoms with E-state index in [1.54, 1.807) is 6.92 Å². The van der Waals surface area contributed by atoms with E-state index in [4.69, 9.17) is 5.11 Å². The molecule has 0 aromatic heterocycles. The fourth-order valence-corrected chi connectivity index (χ4v) is 0.821. The lowest BCUT2D eigenvalue weighted by molar-refractivity contribution is -0.146. The number of aliphatic hydroxyl groups is 1. The van der Waals surface area contributed by atoms with E-state index in [2.05, 4.69) is 10.1 Å². The van der Waals surface area contributed by atoms with Crippen LogP contribution in [0.1, 0.15) is 20.3 Å². The van der Waals surface area contributed by atoms with E-state index in [9.17, 15) is 9.59 Å². The lowest BCUT2D eigenvalue weighted by Gasteiger charge is -2.16. The van der Waals surface area contributed by atoms with Gasteiger partial charge >= 0.3 is 5.97 Å². The lowest BCUT2D eigenvalue weighted by Crippen LogP contribution is -2.45. The van der Waals surface area contributed by atoms with Crippen LogP contribution in [0.25, 0.3) is 0 Å². The molecule has 2 N–H and O–H groups in total. The van der Waals surface area contributed by atoms with Crippen molar-refractivity contribution in [2.75, 3.05) is 13.7 Å². The average Bonchev–Trinajstić information content (AvgIpc) is 2.22. The quantitative estimate of drug-likeness (QED) is 0.601. The molecule has 0 bridgehead atoms. The Morgan fingerprint density at radius 1 is 1.50 bits per heavy atom. The van der Waals surface area contributed by atoms with Crippen LogP contribution in [0.15, 0.2) is 0 Å². The second-order valence-electron chi connectivity index (χ2n) is 3.08. The van der Waals surface area contributed by atoms with Gasteiger partial charge in [0, 0.05) is 5.92 Å². The molecule has 5 heteroatoms. The molecule has 0 aliphatic heterocycles. The van der Waals surface area contributed by atoms with E-state index in [0.29, 0.717) is 6.42 Å². The largest absolute Gasteiger partial charge is 0.467 e. The summed E-state index contributed by atoms with van der Waals surface area (Å²) in [5.41, 5.74) is 0. The molecule has 0 aliphatic carbocycles. The van der Waals surface area contributed by atoms with Gasteiger partial charge in [-0.15, -0.1) is 0 Å². The van der Waals surface area contributed by atoms with Crippen LogP contribution < -0.4 is 5.32 Å². The van der Waals surface area contributed by atoms with Gasteiger partial charge in [-0.2, -0.15) is 0 Å². The Bertz CT molecular complexity index is 205. The first-order valence-corrected chi connectivity index (χ1v) is 4.55. The number of methoxy groups -OCH3 is 1. The molecule has 0 aromatic carbocycles. The highest BCUT2D eigenvalue weighted by Gasteiger charge is 2.22. The average molecular weight is 203 g/mol. The van der Waals surface area contributed by atoms with Gasteiger partial charge in [-0.1, -0.05) is 13.8 Å². The molecule has 0 fully saturated rings. The Hall–Kier alpha value is -1.10. The maximum Gasteiger partial charge on any atom is 0.330 e. The van der Waals surface area contributed by atoms with Gasteiger partial charge in [0.1, 0.15) is 0 Å². The zero-order valence-corrected chi connectivity index (χ0v) is 8.74. The maximum atomic E-state index is 11.3. The Morgan fingerprint density at radius 3 is 2.43 bits per heavy atom. The van der Waals surface area contributed by atoms with Gasteiger partial charge in [-0.25, -0.2) is 4.79 Å². The number of carbonyl (C=O) groups excluding carboxylic acids is 2. The van der Waals surface area contributed by atoms with Gasteiger partial charge in [-0.3, -0.25) is 4.79 Å². The molecule has 0 saturated carbocycles. The molecule has 0 saturated heterocycles. The topological polar surface area (TPSA) is 75.6 Å². The molecule has 2 atom stereocenters. The predicted molar refractivity (Wildman–Crippen MR) is 50.5 cm³/mol. The van der Waals surface area contributed by atoms with Gasteiger partial charge in [0.15, 0.2) is 6.04 Å². The summed E-state index contributed by atoms with van der Waals surface area (Å²) in [5.74, 6) is -1.06. The summed E-state index contributed by atoms with van der Waals surface area (Å²) in [4.78, 5) is 22.3. The van der Waals surface area contributed by atoms with E-state index in [-0.39, 0.29) is 11.8 Å². The highest BCUT2D eigenvalue weighted by molar-refractivity contribution is 5.85. The number of hydrogen-bond acceptors (Lipinski definition) is 4. The molecule has 82 valence electrons. The molecule has 0 spiro atoms. The van der Waals surface area contributed by atoms with Gasteiger partial charge < -0.3 is 15.2 Å². The normalized spacial score (nSPS) is 14.3. The van der Waals surface area contributed by atoms with Gasteiger partial charge in [0.25, 0.3) is 0 Å². The van der Waals surface area contributed by atoms with Crippen molar-refractivity contribution >= 4 is 11.9 Å².